The van der Waals surface area contributed by atoms with E-state index in [1.807, 2.05) is 87.9 Å². The van der Waals surface area contributed by atoms with Gasteiger partial charge in [-0.15, -0.1) is 0 Å². The summed E-state index contributed by atoms with van der Waals surface area (Å²) >= 11 is 0. The minimum absolute atomic E-state index is 0.0337. The van der Waals surface area contributed by atoms with Gasteiger partial charge in [-0.25, -0.2) is 9.55 Å². The van der Waals surface area contributed by atoms with Crippen LogP contribution < -0.4 is 18.9 Å². The minimum Gasteiger partial charge on any atom is -0.454 e. The fraction of sp³-hybridized carbons (Fsp3) is 0.222. The Hall–Kier alpha value is -6.40. The number of nitrogens with zero attached hydrogens (tertiary/aromatic N) is 5. The molecule has 2 amide bonds. The number of carbonyl (C=O) groups is 2. The third kappa shape index (κ3) is 7.01. The van der Waals surface area contributed by atoms with Gasteiger partial charge in [0.2, 0.25) is 6.79 Å². The number of amides is 2. The number of aryl methyl sites for hydroxylation is 1. The van der Waals surface area contributed by atoms with Crippen molar-refractivity contribution in [2.75, 3.05) is 24.9 Å². The second-order valence-corrected chi connectivity index (χ2v) is 16.0. The van der Waals surface area contributed by atoms with Gasteiger partial charge in [-0.3, -0.25) is 23.5 Å². The number of hydrogen-bond acceptors (Lipinski definition) is 9. The lowest BCUT2D eigenvalue weighted by molar-refractivity contribution is 0.0658. The van der Waals surface area contributed by atoms with Crippen molar-refractivity contribution in [3.8, 4) is 28.5 Å². The first kappa shape index (κ1) is 38.1. The SMILES string of the molecule is CCOP(=O)(OCC)Oc1ccc(N(C(=O)c2cc(-c3cc4c(cc3C(=O)N3Cc5ccccc5C[C@H]3C)OCO4)n3ccccc23)c2cnc3c(ccn3C)c2)cc1. The highest BCUT2D eigenvalue weighted by molar-refractivity contribution is 7.48. The van der Waals surface area contributed by atoms with Crippen LogP contribution >= 0.6 is 7.82 Å². The predicted molar refractivity (Wildman–Crippen MR) is 224 cm³/mol. The molecule has 4 aromatic heterocycles. The highest BCUT2D eigenvalue weighted by Gasteiger charge is 2.33. The summed E-state index contributed by atoms with van der Waals surface area (Å²) < 4.78 is 45.0. The Kier molecular flexibility index (Phi) is 9.96. The van der Waals surface area contributed by atoms with Crippen molar-refractivity contribution in [3.05, 3.63) is 138 Å². The summed E-state index contributed by atoms with van der Waals surface area (Å²) in [4.78, 5) is 38.2. The molecule has 0 saturated heterocycles. The molecule has 2 aliphatic heterocycles. The number of phosphoric ester groups is 1. The highest BCUT2D eigenvalue weighted by Crippen LogP contribution is 2.50. The Morgan fingerprint density at radius 2 is 1.58 bits per heavy atom. The van der Waals surface area contributed by atoms with E-state index in [4.69, 9.17) is 28.0 Å². The first-order chi connectivity index (χ1) is 28.6. The van der Waals surface area contributed by atoms with E-state index in [9.17, 15) is 9.36 Å². The zero-order chi connectivity index (χ0) is 40.8. The van der Waals surface area contributed by atoms with E-state index in [-0.39, 0.29) is 43.6 Å². The highest BCUT2D eigenvalue weighted by atomic mass is 31.2. The molecule has 0 spiro atoms. The monoisotopic (exact) mass is 811 g/mol. The van der Waals surface area contributed by atoms with Crippen LogP contribution in [0.3, 0.4) is 0 Å². The van der Waals surface area contributed by atoms with Crippen molar-refractivity contribution in [2.45, 2.75) is 39.8 Å². The Morgan fingerprint density at radius 1 is 0.847 bits per heavy atom. The minimum atomic E-state index is -3.87. The molecule has 0 aliphatic carbocycles. The van der Waals surface area contributed by atoms with Crippen molar-refractivity contribution in [3.63, 3.8) is 0 Å². The Bertz CT molecular complexity index is 2790. The van der Waals surface area contributed by atoms with E-state index in [2.05, 4.69) is 19.1 Å². The zero-order valence-corrected chi connectivity index (χ0v) is 33.9. The number of hydrogen-bond donors (Lipinski definition) is 0. The number of fused-ring (bicyclic) bond motifs is 4. The maximum Gasteiger partial charge on any atom is 0.530 e. The van der Waals surface area contributed by atoms with Gasteiger partial charge in [0, 0.05) is 48.7 Å². The molecule has 14 heteroatoms. The number of pyridine rings is 2. The molecule has 59 heavy (non-hydrogen) atoms. The number of anilines is 2. The van der Waals surface area contributed by atoms with Gasteiger partial charge in [-0.1, -0.05) is 30.3 Å². The van der Waals surface area contributed by atoms with Gasteiger partial charge in [0.05, 0.1) is 47.4 Å². The molecule has 0 saturated carbocycles. The number of phosphoric acid groups is 1. The third-order valence-electron chi connectivity index (χ3n) is 10.7. The molecular weight excluding hydrogens is 769 g/mol. The van der Waals surface area contributed by atoms with Gasteiger partial charge < -0.3 is 27.9 Å². The molecule has 300 valence electrons. The average Bonchev–Trinajstić information content (AvgIpc) is 3.97. The molecule has 0 fully saturated rings. The van der Waals surface area contributed by atoms with Crippen LogP contribution in [0.2, 0.25) is 0 Å². The lowest BCUT2D eigenvalue weighted by atomic mass is 9.93. The lowest BCUT2D eigenvalue weighted by Gasteiger charge is -2.35. The fourth-order valence-electron chi connectivity index (χ4n) is 7.93. The standard InChI is InChI=1S/C45H42N5O8P/c1-5-56-59(53,57-6-2)58-35-16-14-33(15-17-35)50(34-22-31-18-20-47(4)43(31)46-26-34)45(52)38-23-40(48-19-10-9-13-39(38)48)36-24-41-42(55-28-54-41)25-37(36)44(51)49-27-32-12-8-7-11-30(32)21-29(49)3/h7-20,22-26,29H,5-6,21,27-28H2,1-4H3/t29-/m1/s1. The Morgan fingerprint density at radius 3 is 2.34 bits per heavy atom. The van der Waals surface area contributed by atoms with Gasteiger partial charge in [0.1, 0.15) is 11.4 Å². The quantitative estimate of drug-likeness (QED) is 0.118. The average molecular weight is 812 g/mol. The number of aromatic nitrogens is 3. The van der Waals surface area contributed by atoms with E-state index >= 15 is 4.79 Å². The van der Waals surface area contributed by atoms with Crippen LogP contribution in [-0.4, -0.2) is 56.7 Å². The summed E-state index contributed by atoms with van der Waals surface area (Å²) in [6.07, 6.45) is 6.19. The van der Waals surface area contributed by atoms with Crippen LogP contribution in [0, 0.1) is 0 Å². The molecule has 0 radical (unpaired) electrons. The van der Waals surface area contributed by atoms with Crippen molar-refractivity contribution in [2.24, 2.45) is 7.05 Å². The van der Waals surface area contributed by atoms with E-state index in [0.717, 1.165) is 23.0 Å². The van der Waals surface area contributed by atoms with Crippen LogP contribution in [0.25, 0.3) is 27.8 Å². The third-order valence-corrected chi connectivity index (χ3v) is 12.3. The number of ether oxygens (including phenoxy) is 2. The molecule has 2 aliphatic rings. The molecule has 6 heterocycles. The summed E-state index contributed by atoms with van der Waals surface area (Å²) in [5.74, 6) is 0.738. The molecule has 1 atom stereocenters. The summed E-state index contributed by atoms with van der Waals surface area (Å²) in [5, 5.41) is 0.845. The molecule has 0 unspecified atom stereocenters. The Balaban J connectivity index is 1.15. The largest absolute Gasteiger partial charge is 0.530 e. The smallest absolute Gasteiger partial charge is 0.454 e. The first-order valence-corrected chi connectivity index (χ1v) is 21.0. The van der Waals surface area contributed by atoms with Gasteiger partial charge in [0.25, 0.3) is 11.8 Å². The maximum atomic E-state index is 15.3. The van der Waals surface area contributed by atoms with Gasteiger partial charge in [-0.2, -0.15) is 0 Å². The van der Waals surface area contributed by atoms with E-state index in [1.165, 1.54) is 5.56 Å². The van der Waals surface area contributed by atoms with Crippen LogP contribution in [0.4, 0.5) is 11.4 Å². The maximum absolute atomic E-state index is 15.3. The lowest BCUT2D eigenvalue weighted by Crippen LogP contribution is -2.42. The van der Waals surface area contributed by atoms with Crippen LogP contribution in [-0.2, 0) is 33.6 Å². The van der Waals surface area contributed by atoms with Crippen LogP contribution in [0.15, 0.2) is 116 Å². The number of carbonyl (C=O) groups excluding carboxylic acids is 2. The van der Waals surface area contributed by atoms with E-state index in [0.29, 0.717) is 57.3 Å². The summed E-state index contributed by atoms with van der Waals surface area (Å²) in [7, 11) is -1.96. The molecule has 7 aromatic rings. The van der Waals surface area contributed by atoms with Crippen molar-refractivity contribution in [1.29, 1.82) is 0 Å². The fourth-order valence-corrected chi connectivity index (χ4v) is 9.12. The van der Waals surface area contributed by atoms with Gasteiger partial charge in [-0.05, 0) is 105 Å². The Labute approximate surface area is 340 Å². The number of benzene rings is 3. The summed E-state index contributed by atoms with van der Waals surface area (Å²) in [6, 6.07) is 29.7. The van der Waals surface area contributed by atoms with Crippen molar-refractivity contribution in [1.82, 2.24) is 18.9 Å². The molecular formula is C45H42N5O8P. The van der Waals surface area contributed by atoms with Gasteiger partial charge >= 0.3 is 7.82 Å². The summed E-state index contributed by atoms with van der Waals surface area (Å²) in [6.45, 7) is 6.24. The van der Waals surface area contributed by atoms with Crippen LogP contribution in [0.5, 0.6) is 17.2 Å². The first-order valence-electron chi connectivity index (χ1n) is 19.5. The molecule has 9 rings (SSSR count). The predicted octanol–water partition coefficient (Wildman–Crippen LogP) is 9.35. The van der Waals surface area contributed by atoms with E-state index < -0.39 is 7.82 Å². The molecule has 13 nitrogen and oxygen atoms in total. The molecule has 0 N–H and O–H groups in total. The topological polar surface area (TPSA) is 126 Å². The van der Waals surface area contributed by atoms with Gasteiger partial charge in [0.15, 0.2) is 11.5 Å². The molecule has 3 aromatic carbocycles. The molecule has 0 bridgehead atoms. The van der Waals surface area contributed by atoms with Crippen molar-refractivity contribution >= 4 is 47.6 Å². The summed E-state index contributed by atoms with van der Waals surface area (Å²) in [5.41, 5.74) is 6.78. The normalized spacial score (nSPS) is 14.8. The van der Waals surface area contributed by atoms with Crippen LogP contribution in [0.1, 0.15) is 52.6 Å². The van der Waals surface area contributed by atoms with Crippen molar-refractivity contribution < 1.29 is 37.2 Å². The van der Waals surface area contributed by atoms with E-state index in [1.54, 1.807) is 55.3 Å². The number of rotatable bonds is 11. The second-order valence-electron chi connectivity index (χ2n) is 14.4. The second kappa shape index (κ2) is 15.4. The zero-order valence-electron chi connectivity index (χ0n) is 33.0.